The first-order chi connectivity index (χ1) is 12.6. The van der Waals surface area contributed by atoms with Crippen molar-refractivity contribution >= 4 is 33.3 Å². The van der Waals surface area contributed by atoms with Crippen molar-refractivity contribution in [1.29, 1.82) is 0 Å². The number of ether oxygens (including phenoxy) is 1. The molecule has 2 aromatic rings. The zero-order valence-corrected chi connectivity index (χ0v) is 16.5. The van der Waals surface area contributed by atoms with Crippen LogP contribution in [-0.2, 0) is 14.8 Å². The summed E-state index contributed by atoms with van der Waals surface area (Å²) in [7, 11) is -0.295. The van der Waals surface area contributed by atoms with E-state index in [-0.39, 0.29) is 23.4 Å². The van der Waals surface area contributed by atoms with E-state index in [9.17, 15) is 18.0 Å². The molecule has 2 aromatic carbocycles. The molecule has 0 N–H and O–H groups in total. The van der Waals surface area contributed by atoms with Crippen molar-refractivity contribution in [2.45, 2.75) is 6.92 Å². The number of carbonyl (C=O) groups excluding carboxylic acids is 2. The average Bonchev–Trinajstić information content (AvgIpc) is 2.61. The van der Waals surface area contributed by atoms with E-state index in [0.29, 0.717) is 4.31 Å². The molecule has 0 spiro atoms. The highest BCUT2D eigenvalue weighted by Crippen LogP contribution is 2.24. The maximum absolute atomic E-state index is 13.0. The van der Waals surface area contributed by atoms with Crippen LogP contribution < -0.4 is 9.21 Å². The number of anilines is 2. The van der Waals surface area contributed by atoms with Gasteiger partial charge in [-0.25, -0.2) is 17.5 Å². The van der Waals surface area contributed by atoms with E-state index in [4.69, 9.17) is 4.74 Å². The molecule has 144 valence electrons. The van der Waals surface area contributed by atoms with Gasteiger partial charge in [-0.1, -0.05) is 12.1 Å². The fourth-order valence-electron chi connectivity index (χ4n) is 2.47. The molecule has 0 bridgehead atoms. The molecule has 0 aromatic heterocycles. The van der Waals surface area contributed by atoms with Crippen LogP contribution in [0.3, 0.4) is 0 Å². The molecule has 8 heteroatoms. The second-order valence-corrected chi connectivity index (χ2v) is 7.88. The van der Waals surface area contributed by atoms with E-state index in [2.05, 4.69) is 0 Å². The van der Waals surface area contributed by atoms with Gasteiger partial charge in [0, 0.05) is 25.3 Å². The topological polar surface area (TPSA) is 84.0 Å². The molecule has 0 atom stereocenters. The average molecular weight is 390 g/mol. The lowest BCUT2D eigenvalue weighted by atomic mass is 10.1. The first-order valence-corrected chi connectivity index (χ1v) is 10.1. The number of benzene rings is 2. The monoisotopic (exact) mass is 390 g/mol. The van der Waals surface area contributed by atoms with Crippen LogP contribution in [0, 0.1) is 0 Å². The largest absolute Gasteiger partial charge is 0.462 e. The SMILES string of the molecule is CCOC(=O)c1cccc(N(C(=O)c2cccc(N(C)C)c2)S(C)(=O)=O)c1. The summed E-state index contributed by atoms with van der Waals surface area (Å²) >= 11 is 0. The predicted molar refractivity (Wildman–Crippen MR) is 105 cm³/mol. The number of hydrogen-bond acceptors (Lipinski definition) is 6. The van der Waals surface area contributed by atoms with Gasteiger partial charge in [-0.15, -0.1) is 0 Å². The minimum absolute atomic E-state index is 0.0725. The fourth-order valence-corrected chi connectivity index (χ4v) is 3.37. The summed E-state index contributed by atoms with van der Waals surface area (Å²) in [5, 5.41) is 0. The summed E-state index contributed by atoms with van der Waals surface area (Å²) in [4.78, 5) is 26.7. The molecular weight excluding hydrogens is 368 g/mol. The van der Waals surface area contributed by atoms with Gasteiger partial charge in [-0.05, 0) is 43.3 Å². The Kier molecular flexibility index (Phi) is 6.22. The van der Waals surface area contributed by atoms with Crippen molar-refractivity contribution in [3.8, 4) is 0 Å². The van der Waals surface area contributed by atoms with Gasteiger partial charge in [-0.2, -0.15) is 0 Å². The van der Waals surface area contributed by atoms with Crippen LogP contribution in [0.2, 0.25) is 0 Å². The molecule has 2 rings (SSSR count). The molecule has 0 unspecified atom stereocenters. The van der Waals surface area contributed by atoms with Crippen LogP contribution in [-0.4, -0.2) is 47.3 Å². The quantitative estimate of drug-likeness (QED) is 0.705. The molecule has 0 saturated heterocycles. The van der Waals surface area contributed by atoms with Crippen LogP contribution in [0.5, 0.6) is 0 Å². The van der Waals surface area contributed by atoms with E-state index in [1.807, 2.05) is 25.1 Å². The first-order valence-electron chi connectivity index (χ1n) is 8.24. The zero-order valence-electron chi connectivity index (χ0n) is 15.7. The van der Waals surface area contributed by atoms with Crippen LogP contribution in [0.1, 0.15) is 27.6 Å². The van der Waals surface area contributed by atoms with Gasteiger partial charge in [0.25, 0.3) is 5.91 Å². The van der Waals surface area contributed by atoms with E-state index in [1.54, 1.807) is 25.1 Å². The Morgan fingerprint density at radius 3 is 2.07 bits per heavy atom. The number of sulfonamides is 1. The molecule has 0 aliphatic rings. The molecule has 1 amide bonds. The molecule has 0 aliphatic heterocycles. The molecular formula is C19H22N2O5S. The highest BCUT2D eigenvalue weighted by atomic mass is 32.2. The van der Waals surface area contributed by atoms with Gasteiger partial charge in [0.2, 0.25) is 10.0 Å². The summed E-state index contributed by atoms with van der Waals surface area (Å²) in [5.41, 5.74) is 1.21. The van der Waals surface area contributed by atoms with Crippen LogP contribution in [0.15, 0.2) is 48.5 Å². The Balaban J connectivity index is 2.51. The lowest BCUT2D eigenvalue weighted by molar-refractivity contribution is 0.0526. The van der Waals surface area contributed by atoms with Crippen LogP contribution in [0.25, 0.3) is 0 Å². The fraction of sp³-hybridized carbons (Fsp3) is 0.263. The first kappa shape index (κ1) is 20.4. The third-order valence-electron chi connectivity index (χ3n) is 3.72. The van der Waals surface area contributed by atoms with E-state index >= 15 is 0 Å². The minimum Gasteiger partial charge on any atom is -0.462 e. The Bertz CT molecular complexity index is 954. The Hall–Kier alpha value is -2.87. The van der Waals surface area contributed by atoms with E-state index in [0.717, 1.165) is 11.9 Å². The summed E-state index contributed by atoms with van der Waals surface area (Å²) in [6, 6.07) is 12.4. The molecule has 0 radical (unpaired) electrons. The number of amides is 1. The third kappa shape index (κ3) is 4.85. The number of rotatable bonds is 6. The standard InChI is InChI=1S/C19H22N2O5S/c1-5-26-19(23)15-9-7-11-17(13-15)21(27(4,24)25)18(22)14-8-6-10-16(12-14)20(2)3/h6-13H,5H2,1-4H3. The van der Waals surface area contributed by atoms with Crippen molar-refractivity contribution in [3.05, 3.63) is 59.7 Å². The molecule has 0 saturated carbocycles. The third-order valence-corrected chi connectivity index (χ3v) is 4.76. The van der Waals surface area contributed by atoms with Crippen LogP contribution >= 0.6 is 0 Å². The minimum atomic E-state index is -3.94. The Morgan fingerprint density at radius 1 is 0.963 bits per heavy atom. The predicted octanol–water partition coefficient (Wildman–Crippen LogP) is 2.54. The van der Waals surface area contributed by atoms with Gasteiger partial charge >= 0.3 is 5.97 Å². The zero-order chi connectivity index (χ0) is 20.2. The van der Waals surface area contributed by atoms with Gasteiger partial charge in [0.05, 0.1) is 24.1 Å². The van der Waals surface area contributed by atoms with Gasteiger partial charge < -0.3 is 9.64 Å². The highest BCUT2D eigenvalue weighted by Gasteiger charge is 2.27. The van der Waals surface area contributed by atoms with Crippen molar-refractivity contribution in [2.75, 3.05) is 36.2 Å². The number of hydrogen-bond donors (Lipinski definition) is 0. The molecule has 0 fully saturated rings. The normalized spacial score (nSPS) is 11.0. The van der Waals surface area contributed by atoms with Gasteiger partial charge in [-0.3, -0.25) is 4.79 Å². The van der Waals surface area contributed by atoms with E-state index < -0.39 is 21.9 Å². The maximum atomic E-state index is 13.0. The molecule has 7 nitrogen and oxygen atoms in total. The van der Waals surface area contributed by atoms with Crippen molar-refractivity contribution in [3.63, 3.8) is 0 Å². The lowest BCUT2D eigenvalue weighted by Crippen LogP contribution is -2.36. The second-order valence-electron chi connectivity index (χ2n) is 6.05. The lowest BCUT2D eigenvalue weighted by Gasteiger charge is -2.22. The molecule has 0 aliphatic carbocycles. The van der Waals surface area contributed by atoms with Crippen molar-refractivity contribution in [1.82, 2.24) is 0 Å². The molecule has 27 heavy (non-hydrogen) atoms. The van der Waals surface area contributed by atoms with Crippen molar-refractivity contribution < 1.29 is 22.7 Å². The van der Waals surface area contributed by atoms with Crippen LogP contribution in [0.4, 0.5) is 11.4 Å². The van der Waals surface area contributed by atoms with Gasteiger partial charge in [0.15, 0.2) is 0 Å². The summed E-state index contributed by atoms with van der Waals surface area (Å²) in [6.07, 6.45) is 0.942. The highest BCUT2D eigenvalue weighted by molar-refractivity contribution is 7.92. The summed E-state index contributed by atoms with van der Waals surface area (Å²) in [5.74, 6) is -1.29. The Morgan fingerprint density at radius 2 is 1.52 bits per heavy atom. The molecule has 0 heterocycles. The summed E-state index contributed by atoms with van der Waals surface area (Å²) in [6.45, 7) is 1.86. The number of nitrogens with zero attached hydrogens (tertiary/aromatic N) is 2. The number of esters is 1. The van der Waals surface area contributed by atoms with E-state index in [1.165, 1.54) is 24.3 Å². The number of carbonyl (C=O) groups is 2. The summed E-state index contributed by atoms with van der Waals surface area (Å²) < 4.78 is 30.3. The second kappa shape index (κ2) is 8.22. The van der Waals surface area contributed by atoms with Gasteiger partial charge in [0.1, 0.15) is 0 Å². The Labute approximate surface area is 159 Å². The smallest absolute Gasteiger partial charge is 0.338 e. The maximum Gasteiger partial charge on any atom is 0.338 e. The van der Waals surface area contributed by atoms with Crippen molar-refractivity contribution in [2.24, 2.45) is 0 Å².